The van der Waals surface area contributed by atoms with Crippen molar-refractivity contribution in [3.05, 3.63) is 11.4 Å². The second kappa shape index (κ2) is 6.66. The molecule has 0 aromatic carbocycles. The number of sulfonamides is 1. The lowest BCUT2D eigenvalue weighted by molar-refractivity contribution is 0.0656. The summed E-state index contributed by atoms with van der Waals surface area (Å²) in [6.45, 7) is 6.53. The van der Waals surface area contributed by atoms with Crippen LogP contribution in [0.5, 0.6) is 0 Å². The first-order valence-corrected chi connectivity index (χ1v) is 8.36. The fourth-order valence-corrected chi connectivity index (χ4v) is 3.66. The van der Waals surface area contributed by atoms with E-state index >= 15 is 0 Å². The largest absolute Gasteiger partial charge is 0.301 e. The van der Waals surface area contributed by atoms with Crippen LogP contribution < -0.4 is 4.89 Å². The number of piperidine rings is 1. The van der Waals surface area contributed by atoms with Crippen LogP contribution in [0.4, 0.5) is 0 Å². The van der Waals surface area contributed by atoms with Gasteiger partial charge in [-0.1, -0.05) is 11.3 Å². The highest BCUT2D eigenvalue weighted by molar-refractivity contribution is 7.89. The molecule has 0 unspecified atom stereocenters. The molecule has 2 heterocycles. The Balaban J connectivity index is 1.81. The van der Waals surface area contributed by atoms with E-state index in [9.17, 15) is 8.42 Å². The van der Waals surface area contributed by atoms with E-state index in [0.29, 0.717) is 18.0 Å². The number of rotatable bonds is 6. The molecule has 0 bridgehead atoms. The van der Waals surface area contributed by atoms with Crippen LogP contribution in [0, 0.1) is 13.8 Å². The molecule has 114 valence electrons. The number of hydrogen-bond acceptors (Lipinski definition) is 5. The zero-order chi connectivity index (χ0) is 14.6. The number of likely N-dealkylation sites (tertiary alicyclic amines) is 1. The van der Waals surface area contributed by atoms with Crippen molar-refractivity contribution in [2.24, 2.45) is 0 Å². The van der Waals surface area contributed by atoms with Gasteiger partial charge in [0, 0.05) is 6.54 Å². The van der Waals surface area contributed by atoms with Gasteiger partial charge < -0.3 is 4.90 Å². The Labute approximate surface area is 119 Å². The van der Waals surface area contributed by atoms with Crippen LogP contribution in [-0.2, 0) is 14.9 Å². The molecule has 2 rings (SSSR count). The molecular formula is C12H22N4O3S. The van der Waals surface area contributed by atoms with Gasteiger partial charge in [0.2, 0.25) is 0 Å². The summed E-state index contributed by atoms with van der Waals surface area (Å²) in [7, 11) is -3.67. The zero-order valence-electron chi connectivity index (χ0n) is 12.0. The van der Waals surface area contributed by atoms with Crippen LogP contribution in [-0.4, -0.2) is 49.8 Å². The van der Waals surface area contributed by atoms with Gasteiger partial charge in [0.25, 0.3) is 10.0 Å². The van der Waals surface area contributed by atoms with Gasteiger partial charge in [-0.05, 0) is 39.8 Å². The molecule has 1 saturated heterocycles. The minimum absolute atomic E-state index is 0.162. The summed E-state index contributed by atoms with van der Waals surface area (Å²) in [5.41, 5.74) is 0.948. The number of nitrogens with zero attached hydrogens (tertiary/aromatic N) is 2. The second-order valence-electron chi connectivity index (χ2n) is 5.10. The van der Waals surface area contributed by atoms with E-state index in [1.165, 1.54) is 19.3 Å². The summed E-state index contributed by atoms with van der Waals surface area (Å²) in [4.78, 5) is 9.73. The predicted molar refractivity (Wildman–Crippen MR) is 74.6 cm³/mol. The van der Waals surface area contributed by atoms with Gasteiger partial charge in [-0.15, -0.1) is 0 Å². The zero-order valence-corrected chi connectivity index (χ0v) is 12.8. The summed E-state index contributed by atoms with van der Waals surface area (Å²) in [6.07, 6.45) is 3.70. The SMILES string of the molecule is Cc1n[nH]c(C)c1S(=O)(=O)NOCCN1CCCCC1. The van der Waals surface area contributed by atoms with Crippen molar-refractivity contribution in [3.63, 3.8) is 0 Å². The molecule has 1 aliphatic heterocycles. The van der Waals surface area contributed by atoms with Gasteiger partial charge >= 0.3 is 0 Å². The molecule has 1 aromatic heterocycles. The van der Waals surface area contributed by atoms with E-state index < -0.39 is 10.0 Å². The van der Waals surface area contributed by atoms with E-state index in [1.807, 2.05) is 0 Å². The van der Waals surface area contributed by atoms with Crippen LogP contribution >= 0.6 is 0 Å². The third-order valence-corrected chi connectivity index (χ3v) is 4.93. The highest BCUT2D eigenvalue weighted by Crippen LogP contribution is 2.16. The van der Waals surface area contributed by atoms with Gasteiger partial charge in [-0.2, -0.15) is 5.10 Å². The van der Waals surface area contributed by atoms with Crippen molar-refractivity contribution < 1.29 is 13.3 Å². The summed E-state index contributed by atoms with van der Waals surface area (Å²) in [6, 6.07) is 0. The maximum absolute atomic E-state index is 12.1. The summed E-state index contributed by atoms with van der Waals surface area (Å²) < 4.78 is 24.2. The summed E-state index contributed by atoms with van der Waals surface area (Å²) in [5.74, 6) is 0. The fourth-order valence-electron chi connectivity index (χ4n) is 2.46. The Kier molecular flexibility index (Phi) is 5.14. The maximum Gasteiger partial charge on any atom is 0.266 e. The standard InChI is InChI=1S/C12H22N4O3S/c1-10-12(11(2)14-13-10)20(17,18)15-19-9-8-16-6-4-3-5-7-16/h15H,3-9H2,1-2H3,(H,13,14). The van der Waals surface area contributed by atoms with E-state index in [-0.39, 0.29) is 4.90 Å². The molecule has 0 spiro atoms. The minimum Gasteiger partial charge on any atom is -0.301 e. The van der Waals surface area contributed by atoms with Crippen LogP contribution in [0.25, 0.3) is 0 Å². The molecule has 1 aliphatic rings. The first-order chi connectivity index (χ1) is 9.50. The monoisotopic (exact) mass is 302 g/mol. The average Bonchev–Trinajstić information content (AvgIpc) is 2.76. The number of aromatic nitrogens is 2. The maximum atomic E-state index is 12.1. The minimum atomic E-state index is -3.67. The Morgan fingerprint density at radius 2 is 2.00 bits per heavy atom. The molecule has 20 heavy (non-hydrogen) atoms. The van der Waals surface area contributed by atoms with Gasteiger partial charge in [-0.25, -0.2) is 8.42 Å². The van der Waals surface area contributed by atoms with E-state index in [2.05, 4.69) is 20.0 Å². The van der Waals surface area contributed by atoms with E-state index in [1.54, 1.807) is 13.8 Å². The van der Waals surface area contributed by atoms with Gasteiger partial charge in [0.15, 0.2) is 0 Å². The lowest BCUT2D eigenvalue weighted by Gasteiger charge is -2.25. The first-order valence-electron chi connectivity index (χ1n) is 6.88. The first kappa shape index (κ1) is 15.4. The molecule has 0 radical (unpaired) electrons. The lowest BCUT2D eigenvalue weighted by atomic mass is 10.1. The molecule has 2 N–H and O–H groups in total. The summed E-state index contributed by atoms with van der Waals surface area (Å²) in [5, 5.41) is 6.53. The van der Waals surface area contributed by atoms with Crippen LogP contribution in [0.15, 0.2) is 4.90 Å². The Hall–Kier alpha value is -0.960. The van der Waals surface area contributed by atoms with Crippen LogP contribution in [0.3, 0.4) is 0 Å². The molecule has 0 atom stereocenters. The fraction of sp³-hybridized carbons (Fsp3) is 0.750. The molecular weight excluding hydrogens is 280 g/mol. The highest BCUT2D eigenvalue weighted by Gasteiger charge is 2.22. The molecule has 1 fully saturated rings. The third-order valence-electron chi connectivity index (χ3n) is 3.46. The number of aromatic amines is 1. The molecule has 1 aromatic rings. The van der Waals surface area contributed by atoms with Crippen molar-refractivity contribution in [2.75, 3.05) is 26.2 Å². The molecule has 0 amide bonds. The van der Waals surface area contributed by atoms with Crippen molar-refractivity contribution in [1.29, 1.82) is 0 Å². The second-order valence-corrected chi connectivity index (χ2v) is 6.68. The molecule has 0 aliphatic carbocycles. The lowest BCUT2D eigenvalue weighted by Crippen LogP contribution is -2.35. The topological polar surface area (TPSA) is 87.3 Å². The van der Waals surface area contributed by atoms with Crippen molar-refractivity contribution in [1.82, 2.24) is 20.0 Å². The molecule has 7 nitrogen and oxygen atoms in total. The Bertz CT molecular complexity index is 515. The van der Waals surface area contributed by atoms with Crippen LogP contribution in [0.2, 0.25) is 0 Å². The van der Waals surface area contributed by atoms with Gasteiger partial charge in [0.1, 0.15) is 4.90 Å². The smallest absolute Gasteiger partial charge is 0.266 e. The number of H-pyrrole nitrogens is 1. The number of hydrogen-bond donors (Lipinski definition) is 2. The molecule has 8 heteroatoms. The van der Waals surface area contributed by atoms with Gasteiger partial charge in [-0.3, -0.25) is 9.94 Å². The molecule has 0 saturated carbocycles. The van der Waals surface area contributed by atoms with Crippen molar-refractivity contribution >= 4 is 10.0 Å². The van der Waals surface area contributed by atoms with Crippen molar-refractivity contribution in [2.45, 2.75) is 38.0 Å². The Morgan fingerprint density at radius 3 is 2.60 bits per heavy atom. The third kappa shape index (κ3) is 3.78. The van der Waals surface area contributed by atoms with Crippen LogP contribution in [0.1, 0.15) is 30.7 Å². The quantitative estimate of drug-likeness (QED) is 0.597. The predicted octanol–water partition coefficient (Wildman–Crippen LogP) is 0.722. The van der Waals surface area contributed by atoms with Crippen molar-refractivity contribution in [3.8, 4) is 0 Å². The number of nitrogens with one attached hydrogen (secondary N) is 2. The Morgan fingerprint density at radius 1 is 1.30 bits per heavy atom. The van der Waals surface area contributed by atoms with E-state index in [4.69, 9.17) is 4.84 Å². The highest BCUT2D eigenvalue weighted by atomic mass is 32.2. The van der Waals surface area contributed by atoms with E-state index in [0.717, 1.165) is 19.6 Å². The van der Waals surface area contributed by atoms with Gasteiger partial charge in [0.05, 0.1) is 18.0 Å². The average molecular weight is 302 g/mol. The normalized spacial score (nSPS) is 17.5. The number of aryl methyl sites for hydroxylation is 2. The summed E-state index contributed by atoms with van der Waals surface area (Å²) >= 11 is 0.